The standard InChI is InChI=1S/C20H37N3O3/c1-5-22(13-19(24)25)17-9-11-23(12-10-17)16(4)20(26)21-18-8-6-7-14(2)15(18)3/h14-18H,5-13H2,1-4H3,(H,21,26)(H,24,25). The number of nitrogens with one attached hydrogen (secondary N) is 1. The second kappa shape index (κ2) is 9.70. The zero-order chi connectivity index (χ0) is 19.3. The third-order valence-corrected chi connectivity index (χ3v) is 6.72. The van der Waals surface area contributed by atoms with Crippen LogP contribution in [-0.2, 0) is 9.59 Å². The molecule has 1 saturated heterocycles. The number of likely N-dealkylation sites (tertiary alicyclic amines) is 1. The van der Waals surface area contributed by atoms with Gasteiger partial charge in [0.1, 0.15) is 0 Å². The molecule has 2 fully saturated rings. The highest BCUT2D eigenvalue weighted by atomic mass is 16.4. The normalized spacial score (nSPS) is 29.5. The smallest absolute Gasteiger partial charge is 0.317 e. The molecule has 1 aliphatic carbocycles. The predicted molar refractivity (Wildman–Crippen MR) is 103 cm³/mol. The molecule has 6 nitrogen and oxygen atoms in total. The highest BCUT2D eigenvalue weighted by Crippen LogP contribution is 2.29. The van der Waals surface area contributed by atoms with Crippen LogP contribution in [-0.4, -0.2) is 71.1 Å². The van der Waals surface area contributed by atoms with Gasteiger partial charge in [0.15, 0.2) is 0 Å². The van der Waals surface area contributed by atoms with E-state index in [0.717, 1.165) is 38.9 Å². The summed E-state index contributed by atoms with van der Waals surface area (Å²) < 4.78 is 0. The lowest BCUT2D eigenvalue weighted by atomic mass is 9.78. The largest absolute Gasteiger partial charge is 0.480 e. The first-order chi connectivity index (χ1) is 12.3. The summed E-state index contributed by atoms with van der Waals surface area (Å²) in [7, 11) is 0. The van der Waals surface area contributed by atoms with E-state index >= 15 is 0 Å². The van der Waals surface area contributed by atoms with Gasteiger partial charge in [-0.25, -0.2) is 0 Å². The van der Waals surface area contributed by atoms with Crippen LogP contribution in [0.5, 0.6) is 0 Å². The van der Waals surface area contributed by atoms with Crippen molar-refractivity contribution in [1.29, 1.82) is 0 Å². The van der Waals surface area contributed by atoms with Crippen molar-refractivity contribution in [3.05, 3.63) is 0 Å². The van der Waals surface area contributed by atoms with Gasteiger partial charge in [-0.3, -0.25) is 19.4 Å². The fraction of sp³-hybridized carbons (Fsp3) is 0.900. The van der Waals surface area contributed by atoms with Gasteiger partial charge in [0.05, 0.1) is 12.6 Å². The van der Waals surface area contributed by atoms with Gasteiger partial charge in [-0.05, 0) is 44.6 Å². The van der Waals surface area contributed by atoms with Crippen molar-refractivity contribution < 1.29 is 14.7 Å². The van der Waals surface area contributed by atoms with E-state index in [4.69, 9.17) is 5.11 Å². The van der Waals surface area contributed by atoms with E-state index in [1.165, 1.54) is 12.8 Å². The number of likely N-dealkylation sites (N-methyl/N-ethyl adjacent to an activating group) is 1. The average Bonchev–Trinajstić information content (AvgIpc) is 2.63. The second-order valence-electron chi connectivity index (χ2n) is 8.28. The fourth-order valence-corrected chi connectivity index (χ4v) is 4.57. The van der Waals surface area contributed by atoms with Crippen LogP contribution < -0.4 is 5.32 Å². The second-order valence-corrected chi connectivity index (χ2v) is 8.28. The molecule has 2 rings (SSSR count). The maximum atomic E-state index is 12.7. The quantitative estimate of drug-likeness (QED) is 0.722. The Morgan fingerprint density at radius 3 is 2.42 bits per heavy atom. The fourth-order valence-electron chi connectivity index (χ4n) is 4.57. The van der Waals surface area contributed by atoms with Crippen molar-refractivity contribution in [2.45, 2.75) is 77.9 Å². The minimum absolute atomic E-state index is 0.106. The Balaban J connectivity index is 1.82. The van der Waals surface area contributed by atoms with Crippen LogP contribution >= 0.6 is 0 Å². The van der Waals surface area contributed by atoms with Crippen LogP contribution in [0.25, 0.3) is 0 Å². The number of aliphatic carboxylic acids is 1. The van der Waals surface area contributed by atoms with Crippen molar-refractivity contribution in [1.82, 2.24) is 15.1 Å². The molecule has 0 aromatic rings. The lowest BCUT2D eigenvalue weighted by Crippen LogP contribution is -2.54. The summed E-state index contributed by atoms with van der Waals surface area (Å²) in [5.41, 5.74) is 0. The molecule has 2 N–H and O–H groups in total. The van der Waals surface area contributed by atoms with Gasteiger partial charge in [0.25, 0.3) is 0 Å². The molecule has 0 aromatic carbocycles. The highest BCUT2D eigenvalue weighted by molar-refractivity contribution is 5.81. The van der Waals surface area contributed by atoms with E-state index in [9.17, 15) is 9.59 Å². The number of piperidine rings is 1. The van der Waals surface area contributed by atoms with Gasteiger partial charge in [-0.2, -0.15) is 0 Å². The van der Waals surface area contributed by atoms with Gasteiger partial charge in [-0.1, -0.05) is 33.6 Å². The number of rotatable bonds is 7. The molecular formula is C20H37N3O3. The number of carboxylic acids is 1. The lowest BCUT2D eigenvalue weighted by molar-refractivity contribution is -0.139. The molecule has 6 heteroatoms. The summed E-state index contributed by atoms with van der Waals surface area (Å²) in [5.74, 6) is 0.597. The number of carbonyl (C=O) groups excluding carboxylic acids is 1. The minimum Gasteiger partial charge on any atom is -0.480 e. The zero-order valence-corrected chi connectivity index (χ0v) is 16.9. The van der Waals surface area contributed by atoms with E-state index in [2.05, 4.69) is 24.1 Å². The number of carboxylic acid groups (broad SMARTS) is 1. The molecule has 1 saturated carbocycles. The Morgan fingerprint density at radius 2 is 1.85 bits per heavy atom. The Bertz CT molecular complexity index is 477. The van der Waals surface area contributed by atoms with Gasteiger partial charge < -0.3 is 10.4 Å². The molecule has 4 atom stereocenters. The van der Waals surface area contributed by atoms with Crippen LogP contribution in [0.3, 0.4) is 0 Å². The van der Waals surface area contributed by atoms with Crippen molar-refractivity contribution >= 4 is 11.9 Å². The van der Waals surface area contributed by atoms with Crippen LogP contribution in [0.1, 0.15) is 59.8 Å². The molecule has 2 aliphatic rings. The van der Waals surface area contributed by atoms with Crippen molar-refractivity contribution in [2.24, 2.45) is 11.8 Å². The monoisotopic (exact) mass is 367 g/mol. The third-order valence-electron chi connectivity index (χ3n) is 6.72. The van der Waals surface area contributed by atoms with Gasteiger partial charge in [0, 0.05) is 25.2 Å². The summed E-state index contributed by atoms with van der Waals surface area (Å²) in [4.78, 5) is 28.0. The number of amides is 1. The van der Waals surface area contributed by atoms with E-state index in [-0.39, 0.29) is 18.5 Å². The Hall–Kier alpha value is -1.14. The number of carbonyl (C=O) groups is 2. The van der Waals surface area contributed by atoms with Gasteiger partial charge in [0.2, 0.25) is 5.91 Å². The first kappa shape index (κ1) is 21.2. The molecule has 1 amide bonds. The molecular weight excluding hydrogens is 330 g/mol. The summed E-state index contributed by atoms with van der Waals surface area (Å²) in [6, 6.07) is 0.495. The number of hydrogen-bond donors (Lipinski definition) is 2. The summed E-state index contributed by atoms with van der Waals surface area (Å²) in [6.07, 6.45) is 5.41. The van der Waals surface area contributed by atoms with Crippen LogP contribution in [0.15, 0.2) is 0 Å². The Labute approximate surface area is 158 Å². The Kier molecular flexibility index (Phi) is 7.89. The minimum atomic E-state index is -0.766. The van der Waals surface area contributed by atoms with E-state index < -0.39 is 5.97 Å². The summed E-state index contributed by atoms with van der Waals surface area (Å²) in [6.45, 7) is 11.1. The van der Waals surface area contributed by atoms with Crippen LogP contribution in [0.4, 0.5) is 0 Å². The topological polar surface area (TPSA) is 72.9 Å². The van der Waals surface area contributed by atoms with E-state index in [1.54, 1.807) is 0 Å². The number of hydrogen-bond acceptors (Lipinski definition) is 4. The molecule has 26 heavy (non-hydrogen) atoms. The molecule has 0 spiro atoms. The molecule has 4 unspecified atom stereocenters. The maximum Gasteiger partial charge on any atom is 0.317 e. The third kappa shape index (κ3) is 5.43. The predicted octanol–water partition coefficient (Wildman–Crippen LogP) is 2.19. The van der Waals surface area contributed by atoms with Crippen molar-refractivity contribution in [2.75, 3.05) is 26.2 Å². The zero-order valence-electron chi connectivity index (χ0n) is 16.9. The lowest BCUT2D eigenvalue weighted by Gasteiger charge is -2.40. The van der Waals surface area contributed by atoms with Crippen molar-refractivity contribution in [3.63, 3.8) is 0 Å². The van der Waals surface area contributed by atoms with Crippen LogP contribution in [0.2, 0.25) is 0 Å². The SMILES string of the molecule is CCN(CC(=O)O)C1CCN(C(C)C(=O)NC2CCCC(C)C2C)CC1. The number of nitrogens with zero attached hydrogens (tertiary/aromatic N) is 2. The summed E-state index contributed by atoms with van der Waals surface area (Å²) in [5, 5.41) is 12.3. The molecule has 1 heterocycles. The van der Waals surface area contributed by atoms with E-state index in [1.807, 2.05) is 18.7 Å². The van der Waals surface area contributed by atoms with Crippen molar-refractivity contribution in [3.8, 4) is 0 Å². The Morgan fingerprint density at radius 1 is 1.19 bits per heavy atom. The first-order valence-corrected chi connectivity index (χ1v) is 10.3. The molecule has 1 aliphatic heterocycles. The molecule has 150 valence electrons. The first-order valence-electron chi connectivity index (χ1n) is 10.3. The van der Waals surface area contributed by atoms with E-state index in [0.29, 0.717) is 23.9 Å². The van der Waals surface area contributed by atoms with Gasteiger partial charge in [-0.15, -0.1) is 0 Å². The van der Waals surface area contributed by atoms with Gasteiger partial charge >= 0.3 is 5.97 Å². The maximum absolute atomic E-state index is 12.7. The molecule has 0 radical (unpaired) electrons. The molecule has 0 bridgehead atoms. The highest BCUT2D eigenvalue weighted by Gasteiger charge is 2.33. The van der Waals surface area contributed by atoms with Crippen LogP contribution in [0, 0.1) is 11.8 Å². The summed E-state index contributed by atoms with van der Waals surface area (Å²) >= 11 is 0. The molecule has 0 aromatic heterocycles. The average molecular weight is 368 g/mol.